The van der Waals surface area contributed by atoms with E-state index in [4.69, 9.17) is 10.2 Å². The zero-order valence-electron chi connectivity index (χ0n) is 9.95. The summed E-state index contributed by atoms with van der Waals surface area (Å²) in [7, 11) is 0. The molecular weight excluding hydrogens is 190 g/mol. The molecule has 0 heterocycles. The van der Waals surface area contributed by atoms with Crippen LogP contribution in [0.3, 0.4) is 0 Å². The van der Waals surface area contributed by atoms with E-state index in [-0.39, 0.29) is 19.3 Å². The van der Waals surface area contributed by atoms with E-state index in [0.29, 0.717) is 12.0 Å². The summed E-state index contributed by atoms with van der Waals surface area (Å²) in [6, 6.07) is 0.341. The quantitative estimate of drug-likeness (QED) is 0.645. The van der Waals surface area contributed by atoms with Crippen LogP contribution in [0.2, 0.25) is 0 Å². The van der Waals surface area contributed by atoms with Gasteiger partial charge in [-0.25, -0.2) is 0 Å². The predicted octanol–water partition coefficient (Wildman–Crippen LogP) is 1.14. The fourth-order valence-corrected chi connectivity index (χ4v) is 2.64. The van der Waals surface area contributed by atoms with Crippen molar-refractivity contribution in [3.63, 3.8) is 0 Å². The molecule has 1 fully saturated rings. The number of rotatable bonds is 5. The Kier molecular flexibility index (Phi) is 5.58. The Balaban J connectivity index is 2.44. The molecule has 0 radical (unpaired) electrons. The zero-order valence-corrected chi connectivity index (χ0v) is 9.95. The molecule has 90 valence electrons. The SMILES string of the molecule is CCC1CC(C)CCC1NC(CO)CO. The molecule has 3 heteroatoms. The summed E-state index contributed by atoms with van der Waals surface area (Å²) >= 11 is 0. The molecule has 0 aliphatic heterocycles. The summed E-state index contributed by atoms with van der Waals surface area (Å²) in [5.41, 5.74) is 0. The van der Waals surface area contributed by atoms with Crippen LogP contribution in [0.25, 0.3) is 0 Å². The van der Waals surface area contributed by atoms with Crippen molar-refractivity contribution in [3.8, 4) is 0 Å². The molecule has 1 aliphatic rings. The van der Waals surface area contributed by atoms with E-state index in [1.807, 2.05) is 0 Å². The molecule has 0 spiro atoms. The molecule has 0 aromatic heterocycles. The number of hydrogen-bond acceptors (Lipinski definition) is 3. The predicted molar refractivity (Wildman–Crippen MR) is 61.7 cm³/mol. The minimum Gasteiger partial charge on any atom is -0.395 e. The Labute approximate surface area is 92.9 Å². The van der Waals surface area contributed by atoms with Crippen LogP contribution >= 0.6 is 0 Å². The molecular formula is C12H25NO2. The van der Waals surface area contributed by atoms with E-state index in [1.165, 1.54) is 25.7 Å². The lowest BCUT2D eigenvalue weighted by Crippen LogP contribution is -2.48. The van der Waals surface area contributed by atoms with Crippen LogP contribution in [-0.2, 0) is 0 Å². The summed E-state index contributed by atoms with van der Waals surface area (Å²) in [5, 5.41) is 21.5. The van der Waals surface area contributed by atoms with Crippen molar-refractivity contribution < 1.29 is 10.2 Å². The lowest BCUT2D eigenvalue weighted by molar-refractivity contribution is 0.128. The van der Waals surface area contributed by atoms with Gasteiger partial charge in [0.25, 0.3) is 0 Å². The molecule has 1 rings (SSSR count). The van der Waals surface area contributed by atoms with Crippen LogP contribution in [-0.4, -0.2) is 35.5 Å². The average Bonchev–Trinajstić information content (AvgIpc) is 2.27. The smallest absolute Gasteiger partial charge is 0.0607 e. The van der Waals surface area contributed by atoms with Crippen LogP contribution in [0.5, 0.6) is 0 Å². The molecule has 3 N–H and O–H groups in total. The number of nitrogens with one attached hydrogen (secondary N) is 1. The highest BCUT2D eigenvalue weighted by Gasteiger charge is 2.28. The maximum absolute atomic E-state index is 9.05. The van der Waals surface area contributed by atoms with Crippen molar-refractivity contribution in [2.24, 2.45) is 11.8 Å². The Morgan fingerprint density at radius 3 is 2.47 bits per heavy atom. The maximum atomic E-state index is 9.05. The monoisotopic (exact) mass is 215 g/mol. The van der Waals surface area contributed by atoms with E-state index >= 15 is 0 Å². The lowest BCUT2D eigenvalue weighted by atomic mass is 9.77. The minimum atomic E-state index is -0.141. The molecule has 1 saturated carbocycles. The summed E-state index contributed by atoms with van der Waals surface area (Å²) in [5.74, 6) is 1.53. The largest absolute Gasteiger partial charge is 0.395 e. The summed E-state index contributed by atoms with van der Waals surface area (Å²) in [6.07, 6.45) is 4.90. The molecule has 0 amide bonds. The van der Waals surface area contributed by atoms with Gasteiger partial charge in [0.1, 0.15) is 0 Å². The van der Waals surface area contributed by atoms with Gasteiger partial charge < -0.3 is 15.5 Å². The van der Waals surface area contributed by atoms with Gasteiger partial charge in [0.15, 0.2) is 0 Å². The van der Waals surface area contributed by atoms with Gasteiger partial charge in [-0.15, -0.1) is 0 Å². The average molecular weight is 215 g/mol. The van der Waals surface area contributed by atoms with Gasteiger partial charge in [-0.1, -0.05) is 20.3 Å². The van der Waals surface area contributed by atoms with Gasteiger partial charge >= 0.3 is 0 Å². The van der Waals surface area contributed by atoms with Crippen LogP contribution in [0.1, 0.15) is 39.5 Å². The molecule has 0 aromatic carbocycles. The third kappa shape index (κ3) is 3.74. The second-order valence-electron chi connectivity index (χ2n) is 4.92. The van der Waals surface area contributed by atoms with Crippen molar-refractivity contribution in [3.05, 3.63) is 0 Å². The molecule has 3 unspecified atom stereocenters. The van der Waals surface area contributed by atoms with Crippen molar-refractivity contribution in [1.29, 1.82) is 0 Å². The van der Waals surface area contributed by atoms with Crippen molar-refractivity contribution in [2.45, 2.75) is 51.6 Å². The Morgan fingerprint density at radius 2 is 1.93 bits per heavy atom. The third-order valence-corrected chi connectivity index (χ3v) is 3.66. The Bertz CT molecular complexity index is 171. The van der Waals surface area contributed by atoms with Crippen LogP contribution < -0.4 is 5.32 Å². The molecule has 3 atom stereocenters. The topological polar surface area (TPSA) is 52.5 Å². The first-order valence-electron chi connectivity index (χ1n) is 6.19. The van der Waals surface area contributed by atoms with Gasteiger partial charge in [-0.2, -0.15) is 0 Å². The number of hydrogen-bond donors (Lipinski definition) is 3. The molecule has 1 aliphatic carbocycles. The number of aliphatic hydroxyl groups excluding tert-OH is 2. The van der Waals surface area contributed by atoms with E-state index in [0.717, 1.165) is 5.92 Å². The van der Waals surface area contributed by atoms with E-state index in [9.17, 15) is 0 Å². The fourth-order valence-electron chi connectivity index (χ4n) is 2.64. The second kappa shape index (κ2) is 6.46. The van der Waals surface area contributed by atoms with E-state index < -0.39 is 0 Å². The first kappa shape index (κ1) is 12.9. The number of aliphatic hydroxyl groups is 2. The molecule has 0 aromatic rings. The van der Waals surface area contributed by atoms with Gasteiger partial charge in [0.2, 0.25) is 0 Å². The van der Waals surface area contributed by atoms with Crippen LogP contribution in [0.15, 0.2) is 0 Å². The second-order valence-corrected chi connectivity index (χ2v) is 4.92. The Morgan fingerprint density at radius 1 is 1.27 bits per heavy atom. The Hall–Kier alpha value is -0.120. The van der Waals surface area contributed by atoms with Crippen molar-refractivity contribution in [2.75, 3.05) is 13.2 Å². The molecule has 15 heavy (non-hydrogen) atoms. The molecule has 0 saturated heterocycles. The fraction of sp³-hybridized carbons (Fsp3) is 1.00. The maximum Gasteiger partial charge on any atom is 0.0607 e. The zero-order chi connectivity index (χ0) is 11.3. The van der Waals surface area contributed by atoms with Crippen molar-refractivity contribution in [1.82, 2.24) is 5.32 Å². The summed E-state index contributed by atoms with van der Waals surface area (Å²) in [6.45, 7) is 4.59. The van der Waals surface area contributed by atoms with Gasteiger partial charge in [0.05, 0.1) is 19.3 Å². The summed E-state index contributed by atoms with van der Waals surface area (Å²) < 4.78 is 0. The van der Waals surface area contributed by atoms with E-state index in [2.05, 4.69) is 19.2 Å². The highest BCUT2D eigenvalue weighted by Crippen LogP contribution is 2.31. The van der Waals surface area contributed by atoms with Crippen molar-refractivity contribution >= 4 is 0 Å². The molecule has 0 bridgehead atoms. The summed E-state index contributed by atoms with van der Waals surface area (Å²) in [4.78, 5) is 0. The van der Waals surface area contributed by atoms with Gasteiger partial charge in [-0.3, -0.25) is 0 Å². The molecule has 3 nitrogen and oxygen atoms in total. The van der Waals surface area contributed by atoms with Crippen LogP contribution in [0.4, 0.5) is 0 Å². The van der Waals surface area contributed by atoms with Crippen LogP contribution in [0, 0.1) is 11.8 Å². The van der Waals surface area contributed by atoms with E-state index in [1.54, 1.807) is 0 Å². The highest BCUT2D eigenvalue weighted by atomic mass is 16.3. The first-order valence-corrected chi connectivity index (χ1v) is 6.19. The standard InChI is InChI=1S/C12H25NO2/c1-3-10-6-9(2)4-5-12(10)13-11(7-14)8-15/h9-15H,3-8H2,1-2H3. The first-order chi connectivity index (χ1) is 7.21. The highest BCUT2D eigenvalue weighted by molar-refractivity contribution is 4.85. The van der Waals surface area contributed by atoms with Gasteiger partial charge in [0, 0.05) is 6.04 Å². The third-order valence-electron chi connectivity index (χ3n) is 3.66. The van der Waals surface area contributed by atoms with Gasteiger partial charge in [-0.05, 0) is 31.1 Å². The normalized spacial score (nSPS) is 32.2. The lowest BCUT2D eigenvalue weighted by Gasteiger charge is -2.36. The minimum absolute atomic E-state index is 0.0268.